The first-order valence-electron chi connectivity index (χ1n) is 3.61. The molecule has 1 aromatic rings. The lowest BCUT2D eigenvalue weighted by atomic mass is 10.4. The van der Waals surface area contributed by atoms with E-state index in [-0.39, 0.29) is 16.6 Å². The predicted molar refractivity (Wildman–Crippen MR) is 48.4 cm³/mol. The van der Waals surface area contributed by atoms with Crippen molar-refractivity contribution in [1.82, 2.24) is 4.98 Å². The van der Waals surface area contributed by atoms with Crippen molar-refractivity contribution in [2.75, 3.05) is 5.32 Å². The molecule has 1 aromatic heterocycles. The zero-order valence-electron chi connectivity index (χ0n) is 7.26. The first-order valence-corrected chi connectivity index (χ1v) is 5.05. The van der Waals surface area contributed by atoms with Crippen molar-refractivity contribution in [1.29, 1.82) is 0 Å². The summed E-state index contributed by atoms with van der Waals surface area (Å²) in [7, 11) is -4.22. The highest BCUT2D eigenvalue weighted by atomic mass is 32.2. The molecule has 0 bridgehead atoms. The third-order valence-corrected chi connectivity index (χ3v) is 2.18. The van der Waals surface area contributed by atoms with Crippen LogP contribution in [-0.2, 0) is 14.9 Å². The fourth-order valence-corrected chi connectivity index (χ4v) is 1.21. The minimum atomic E-state index is -4.22. The van der Waals surface area contributed by atoms with E-state index in [1.54, 1.807) is 0 Å². The average Bonchev–Trinajstić information content (AvgIpc) is 2.02. The van der Waals surface area contributed by atoms with Crippen LogP contribution in [-0.4, -0.2) is 23.9 Å². The second kappa shape index (κ2) is 3.72. The van der Waals surface area contributed by atoms with Crippen molar-refractivity contribution in [3.8, 4) is 0 Å². The van der Waals surface area contributed by atoms with Gasteiger partial charge >= 0.3 is 0 Å². The molecule has 0 radical (unpaired) electrons. The van der Waals surface area contributed by atoms with Crippen molar-refractivity contribution in [2.45, 2.75) is 11.8 Å². The number of nitrogens with one attached hydrogen (secondary N) is 1. The van der Waals surface area contributed by atoms with Crippen LogP contribution in [0.25, 0.3) is 0 Å². The molecule has 0 saturated carbocycles. The summed E-state index contributed by atoms with van der Waals surface area (Å²) in [6, 6.07) is 2.43. The Morgan fingerprint density at radius 1 is 1.50 bits per heavy atom. The standard InChI is InChI=1S/C7H8N2O4S/c1-5(10)9-7-3-2-6(4-8-7)14(11,12)13/h2-4H,1H3,(H,8,9,10)(H,11,12,13). The summed E-state index contributed by atoms with van der Waals surface area (Å²) in [4.78, 5) is 13.9. The maximum Gasteiger partial charge on any atom is 0.296 e. The molecule has 2 N–H and O–H groups in total. The Labute approximate surface area is 80.7 Å². The highest BCUT2D eigenvalue weighted by Gasteiger charge is 2.09. The molecule has 1 rings (SSSR count). The molecule has 14 heavy (non-hydrogen) atoms. The number of nitrogens with zero attached hydrogens (tertiary/aromatic N) is 1. The van der Waals surface area contributed by atoms with E-state index in [2.05, 4.69) is 10.3 Å². The van der Waals surface area contributed by atoms with E-state index in [1.165, 1.54) is 13.0 Å². The molecule has 76 valence electrons. The second-order valence-corrected chi connectivity index (χ2v) is 3.96. The lowest BCUT2D eigenvalue weighted by Crippen LogP contribution is -2.08. The SMILES string of the molecule is CC(=O)Nc1ccc(S(=O)(=O)O)cn1. The molecule has 1 amide bonds. The molecule has 0 fully saturated rings. The fraction of sp³-hybridized carbons (Fsp3) is 0.143. The quantitative estimate of drug-likeness (QED) is 0.692. The number of rotatable bonds is 2. The van der Waals surface area contributed by atoms with Gasteiger partial charge in [-0.3, -0.25) is 9.35 Å². The van der Waals surface area contributed by atoms with E-state index in [0.717, 1.165) is 12.3 Å². The van der Waals surface area contributed by atoms with Gasteiger partial charge in [-0.05, 0) is 12.1 Å². The Kier molecular flexibility index (Phi) is 2.82. The monoisotopic (exact) mass is 216 g/mol. The Bertz CT molecular complexity index is 437. The third-order valence-electron chi connectivity index (χ3n) is 1.34. The summed E-state index contributed by atoms with van der Waals surface area (Å²) in [5, 5.41) is 2.36. The van der Waals surface area contributed by atoms with Crippen LogP contribution in [0.4, 0.5) is 5.82 Å². The number of amides is 1. The number of hydrogen-bond acceptors (Lipinski definition) is 4. The van der Waals surface area contributed by atoms with Crippen molar-refractivity contribution in [2.24, 2.45) is 0 Å². The van der Waals surface area contributed by atoms with Crippen molar-refractivity contribution in [3.05, 3.63) is 18.3 Å². The summed E-state index contributed by atoms with van der Waals surface area (Å²) < 4.78 is 29.8. The number of anilines is 1. The number of aromatic nitrogens is 1. The first kappa shape index (κ1) is 10.6. The predicted octanol–water partition coefficient (Wildman–Crippen LogP) is 0.287. The van der Waals surface area contributed by atoms with Gasteiger partial charge in [0.2, 0.25) is 5.91 Å². The minimum Gasteiger partial charge on any atom is -0.311 e. The van der Waals surface area contributed by atoms with E-state index >= 15 is 0 Å². The number of carbonyl (C=O) groups excluding carboxylic acids is 1. The minimum absolute atomic E-state index is 0.227. The first-order chi connectivity index (χ1) is 6.39. The van der Waals surface area contributed by atoms with E-state index in [9.17, 15) is 13.2 Å². The lowest BCUT2D eigenvalue weighted by Gasteiger charge is -2.00. The van der Waals surface area contributed by atoms with Gasteiger partial charge in [0, 0.05) is 6.92 Å². The molecular formula is C7H8N2O4S. The van der Waals surface area contributed by atoms with Crippen LogP contribution >= 0.6 is 0 Å². The number of carbonyl (C=O) groups is 1. The van der Waals surface area contributed by atoms with E-state index < -0.39 is 10.1 Å². The average molecular weight is 216 g/mol. The van der Waals surface area contributed by atoms with Crippen LogP contribution in [0.1, 0.15) is 6.92 Å². The zero-order valence-corrected chi connectivity index (χ0v) is 8.08. The van der Waals surface area contributed by atoms with E-state index in [0.29, 0.717) is 0 Å². The number of pyridine rings is 1. The molecular weight excluding hydrogens is 208 g/mol. The van der Waals surface area contributed by atoms with Crippen LogP contribution in [0.15, 0.2) is 23.2 Å². The maximum atomic E-state index is 10.6. The Morgan fingerprint density at radius 2 is 2.14 bits per heavy atom. The van der Waals surface area contributed by atoms with Crippen molar-refractivity contribution in [3.63, 3.8) is 0 Å². The van der Waals surface area contributed by atoms with Crippen LogP contribution in [0.3, 0.4) is 0 Å². The van der Waals surface area contributed by atoms with Gasteiger partial charge < -0.3 is 5.32 Å². The molecule has 7 heteroatoms. The molecule has 6 nitrogen and oxygen atoms in total. The Balaban J connectivity index is 2.95. The van der Waals surface area contributed by atoms with Crippen LogP contribution in [0, 0.1) is 0 Å². The van der Waals surface area contributed by atoms with Gasteiger partial charge in [0.25, 0.3) is 10.1 Å². The normalized spacial score (nSPS) is 11.0. The van der Waals surface area contributed by atoms with Gasteiger partial charge in [-0.25, -0.2) is 4.98 Å². The molecule has 1 heterocycles. The summed E-state index contributed by atoms with van der Waals surface area (Å²) in [6.45, 7) is 1.30. The van der Waals surface area contributed by atoms with E-state index in [1.807, 2.05) is 0 Å². The van der Waals surface area contributed by atoms with Gasteiger partial charge in [-0.15, -0.1) is 0 Å². The maximum absolute atomic E-state index is 10.6. The molecule has 0 unspecified atom stereocenters. The fourth-order valence-electron chi connectivity index (χ4n) is 0.787. The van der Waals surface area contributed by atoms with Gasteiger partial charge in [0.05, 0.1) is 6.20 Å². The second-order valence-electron chi connectivity index (χ2n) is 2.54. The summed E-state index contributed by atoms with van der Waals surface area (Å²) in [6.07, 6.45) is 0.959. The molecule has 0 aliphatic rings. The summed E-state index contributed by atoms with van der Waals surface area (Å²) in [5.41, 5.74) is 0. The van der Waals surface area contributed by atoms with E-state index in [4.69, 9.17) is 4.55 Å². The van der Waals surface area contributed by atoms with Crippen LogP contribution in [0.5, 0.6) is 0 Å². The smallest absolute Gasteiger partial charge is 0.296 e. The molecule has 0 atom stereocenters. The topological polar surface area (TPSA) is 96.4 Å². The zero-order chi connectivity index (χ0) is 10.8. The highest BCUT2D eigenvalue weighted by Crippen LogP contribution is 2.09. The Morgan fingerprint density at radius 3 is 2.50 bits per heavy atom. The molecule has 0 aromatic carbocycles. The van der Waals surface area contributed by atoms with Crippen LogP contribution < -0.4 is 5.32 Å². The number of hydrogen-bond donors (Lipinski definition) is 2. The third kappa shape index (κ3) is 2.79. The van der Waals surface area contributed by atoms with Crippen molar-refractivity contribution < 1.29 is 17.8 Å². The van der Waals surface area contributed by atoms with Gasteiger partial charge in [0.1, 0.15) is 10.7 Å². The Hall–Kier alpha value is -1.47. The molecule has 0 saturated heterocycles. The largest absolute Gasteiger partial charge is 0.311 e. The van der Waals surface area contributed by atoms with Crippen LogP contribution in [0.2, 0.25) is 0 Å². The summed E-state index contributed by atoms with van der Waals surface area (Å²) >= 11 is 0. The van der Waals surface area contributed by atoms with Crippen molar-refractivity contribution >= 4 is 21.8 Å². The van der Waals surface area contributed by atoms with Gasteiger partial charge in [-0.1, -0.05) is 0 Å². The lowest BCUT2D eigenvalue weighted by molar-refractivity contribution is -0.114. The molecule has 0 aliphatic carbocycles. The summed E-state index contributed by atoms with van der Waals surface area (Å²) in [5.74, 6) is -0.0815. The van der Waals surface area contributed by atoms with Gasteiger partial charge in [0.15, 0.2) is 0 Å². The molecule has 0 spiro atoms. The van der Waals surface area contributed by atoms with Gasteiger partial charge in [-0.2, -0.15) is 8.42 Å². The highest BCUT2D eigenvalue weighted by molar-refractivity contribution is 7.85. The molecule has 0 aliphatic heterocycles.